The number of benzene rings is 2. The molecule has 0 N–H and O–H groups in total. The Kier molecular flexibility index (Phi) is 8.73. The molecule has 0 aliphatic carbocycles. The zero-order valence-electron chi connectivity index (χ0n) is 17.1. The van der Waals surface area contributed by atoms with Gasteiger partial charge in [0.1, 0.15) is 0 Å². The van der Waals surface area contributed by atoms with Gasteiger partial charge in [-0.3, -0.25) is 14.6 Å². The molecule has 0 atom stereocenters. The van der Waals surface area contributed by atoms with Gasteiger partial charge >= 0.3 is 0 Å². The molecule has 9 heteroatoms. The van der Waals surface area contributed by atoms with Crippen molar-refractivity contribution in [3.8, 4) is 0 Å². The minimum Gasteiger partial charge on any atom is -0.379 e. The molecule has 31 heavy (non-hydrogen) atoms. The summed E-state index contributed by atoms with van der Waals surface area (Å²) in [6.45, 7) is 6.98. The average molecular weight is 545 g/mol. The zero-order chi connectivity index (χ0) is 21.1. The molecular formula is C22H24BrCl2N3O2S. The Bertz CT molecular complexity index is 1060. The van der Waals surface area contributed by atoms with E-state index in [1.54, 1.807) is 28.4 Å². The van der Waals surface area contributed by atoms with Crippen LogP contribution < -0.4 is 4.90 Å². The largest absolute Gasteiger partial charge is 0.379 e. The number of amides is 1. The summed E-state index contributed by atoms with van der Waals surface area (Å²) in [6, 6.07) is 11.5. The third kappa shape index (κ3) is 5.97. The van der Waals surface area contributed by atoms with Gasteiger partial charge in [0.25, 0.3) is 5.91 Å². The van der Waals surface area contributed by atoms with Crippen LogP contribution in [0.15, 0.2) is 40.9 Å². The number of morpholine rings is 1. The standard InChI is InChI=1S/C22H23BrClN3O2S.ClH/c1-15-3-6-19-20(13-15)30-22(25-19)27(8-2-7-26-9-11-29-12-10-26)21(28)17-14-16(23)4-5-18(17)24;/h3-6,13-14H,2,7-12H2,1H3;1H. The summed E-state index contributed by atoms with van der Waals surface area (Å²) in [5, 5.41) is 1.15. The molecule has 1 aliphatic rings. The highest BCUT2D eigenvalue weighted by atomic mass is 79.9. The fourth-order valence-corrected chi connectivity index (χ4v) is 5.15. The highest BCUT2D eigenvalue weighted by Gasteiger charge is 2.24. The predicted molar refractivity (Wildman–Crippen MR) is 134 cm³/mol. The van der Waals surface area contributed by atoms with Crippen molar-refractivity contribution in [2.45, 2.75) is 13.3 Å². The monoisotopic (exact) mass is 543 g/mol. The molecule has 0 saturated carbocycles. The number of anilines is 1. The number of aryl methyl sites for hydroxylation is 1. The first-order valence-corrected chi connectivity index (χ1v) is 11.9. The third-order valence-electron chi connectivity index (χ3n) is 5.13. The number of ether oxygens (including phenoxy) is 1. The number of rotatable bonds is 6. The summed E-state index contributed by atoms with van der Waals surface area (Å²) in [5.41, 5.74) is 2.57. The summed E-state index contributed by atoms with van der Waals surface area (Å²) in [6.07, 6.45) is 0.853. The fraction of sp³-hybridized carbons (Fsp3) is 0.364. The molecule has 3 aromatic rings. The van der Waals surface area contributed by atoms with Crippen molar-refractivity contribution in [1.29, 1.82) is 0 Å². The van der Waals surface area contributed by atoms with Gasteiger partial charge in [0.15, 0.2) is 5.13 Å². The van der Waals surface area contributed by atoms with Crippen LogP contribution in [0.25, 0.3) is 10.2 Å². The molecule has 1 amide bonds. The van der Waals surface area contributed by atoms with Gasteiger partial charge in [-0.25, -0.2) is 4.98 Å². The predicted octanol–water partition coefficient (Wildman–Crippen LogP) is 5.81. The first kappa shape index (κ1) is 24.4. The van der Waals surface area contributed by atoms with E-state index in [9.17, 15) is 4.79 Å². The first-order valence-electron chi connectivity index (χ1n) is 9.95. The molecular weight excluding hydrogens is 521 g/mol. The Morgan fingerprint density at radius 1 is 1.26 bits per heavy atom. The number of carbonyl (C=O) groups is 1. The molecule has 0 spiro atoms. The highest BCUT2D eigenvalue weighted by Crippen LogP contribution is 2.32. The van der Waals surface area contributed by atoms with Gasteiger partial charge in [0.2, 0.25) is 0 Å². The maximum atomic E-state index is 13.5. The molecule has 1 fully saturated rings. The number of fused-ring (bicyclic) bond motifs is 1. The summed E-state index contributed by atoms with van der Waals surface area (Å²) in [5.74, 6) is -0.126. The van der Waals surface area contributed by atoms with Gasteiger partial charge in [-0.05, 0) is 49.2 Å². The van der Waals surface area contributed by atoms with E-state index in [0.717, 1.165) is 54.0 Å². The van der Waals surface area contributed by atoms with Crippen LogP contribution in [0.1, 0.15) is 22.3 Å². The van der Waals surface area contributed by atoms with E-state index in [-0.39, 0.29) is 18.3 Å². The highest BCUT2D eigenvalue weighted by molar-refractivity contribution is 9.10. The second-order valence-corrected chi connectivity index (χ2v) is 9.69. The maximum absolute atomic E-state index is 13.5. The van der Waals surface area contributed by atoms with E-state index >= 15 is 0 Å². The van der Waals surface area contributed by atoms with Crippen LogP contribution in [-0.4, -0.2) is 55.2 Å². The Hall–Kier alpha value is -1.22. The molecule has 1 aromatic heterocycles. The molecule has 0 unspecified atom stereocenters. The van der Waals surface area contributed by atoms with E-state index < -0.39 is 0 Å². The van der Waals surface area contributed by atoms with E-state index in [0.29, 0.717) is 22.3 Å². The van der Waals surface area contributed by atoms with E-state index in [1.165, 1.54) is 5.56 Å². The number of aromatic nitrogens is 1. The van der Waals surface area contributed by atoms with Crippen LogP contribution in [0.5, 0.6) is 0 Å². The fourth-order valence-electron chi connectivity index (χ4n) is 3.50. The van der Waals surface area contributed by atoms with Gasteiger partial charge in [0.05, 0.1) is 34.0 Å². The number of hydrogen-bond donors (Lipinski definition) is 0. The number of hydrogen-bond acceptors (Lipinski definition) is 5. The van der Waals surface area contributed by atoms with E-state index in [2.05, 4.69) is 33.8 Å². The quantitative estimate of drug-likeness (QED) is 0.392. The van der Waals surface area contributed by atoms with Crippen LogP contribution in [0.4, 0.5) is 5.13 Å². The second kappa shape index (κ2) is 11.1. The van der Waals surface area contributed by atoms with E-state index in [1.807, 2.05) is 18.2 Å². The summed E-state index contributed by atoms with van der Waals surface area (Å²) in [4.78, 5) is 22.4. The van der Waals surface area contributed by atoms with Crippen LogP contribution in [0.3, 0.4) is 0 Å². The zero-order valence-corrected chi connectivity index (χ0v) is 21.1. The molecule has 5 nitrogen and oxygen atoms in total. The van der Waals surface area contributed by atoms with Gasteiger partial charge in [-0.15, -0.1) is 12.4 Å². The second-order valence-electron chi connectivity index (χ2n) is 7.36. The summed E-state index contributed by atoms with van der Waals surface area (Å²) in [7, 11) is 0. The minimum absolute atomic E-state index is 0. The Labute approximate surface area is 205 Å². The van der Waals surface area contributed by atoms with Crippen LogP contribution in [0, 0.1) is 6.92 Å². The number of halogens is 3. The lowest BCUT2D eigenvalue weighted by Gasteiger charge is -2.27. The van der Waals surface area contributed by atoms with Crippen molar-refractivity contribution < 1.29 is 9.53 Å². The third-order valence-corrected chi connectivity index (χ3v) is 6.99. The number of nitrogens with zero attached hydrogens (tertiary/aromatic N) is 3. The molecule has 2 heterocycles. The lowest BCUT2D eigenvalue weighted by Crippen LogP contribution is -2.39. The molecule has 1 saturated heterocycles. The summed E-state index contributed by atoms with van der Waals surface area (Å²) < 4.78 is 7.33. The van der Waals surface area contributed by atoms with Gasteiger partial charge in [-0.1, -0.05) is 44.9 Å². The first-order chi connectivity index (χ1) is 14.5. The van der Waals surface area contributed by atoms with Crippen LogP contribution in [0.2, 0.25) is 5.02 Å². The molecule has 0 radical (unpaired) electrons. The molecule has 166 valence electrons. The van der Waals surface area contributed by atoms with Crippen LogP contribution >= 0.6 is 51.3 Å². The van der Waals surface area contributed by atoms with Crippen molar-refractivity contribution in [3.63, 3.8) is 0 Å². The molecule has 4 rings (SSSR count). The normalized spacial score (nSPS) is 14.4. The van der Waals surface area contributed by atoms with Gasteiger partial charge < -0.3 is 4.74 Å². The average Bonchev–Trinajstić information content (AvgIpc) is 3.16. The SMILES string of the molecule is Cc1ccc2nc(N(CCCN3CCOCC3)C(=O)c3cc(Br)ccc3Cl)sc2c1.Cl. The lowest BCUT2D eigenvalue weighted by atomic mass is 10.2. The van der Waals surface area contributed by atoms with Gasteiger partial charge in [-0.2, -0.15) is 0 Å². The summed E-state index contributed by atoms with van der Waals surface area (Å²) >= 11 is 11.4. The Balaban J connectivity index is 0.00000272. The Morgan fingerprint density at radius 2 is 2.03 bits per heavy atom. The van der Waals surface area contributed by atoms with Crippen LogP contribution in [-0.2, 0) is 4.74 Å². The number of carbonyl (C=O) groups excluding carboxylic acids is 1. The van der Waals surface area contributed by atoms with Crippen molar-refractivity contribution >= 4 is 72.5 Å². The smallest absolute Gasteiger partial charge is 0.261 e. The van der Waals surface area contributed by atoms with Gasteiger partial charge in [0, 0.05) is 30.7 Å². The Morgan fingerprint density at radius 3 is 2.81 bits per heavy atom. The van der Waals surface area contributed by atoms with Crippen molar-refractivity contribution in [2.24, 2.45) is 0 Å². The van der Waals surface area contributed by atoms with Crippen molar-refractivity contribution in [3.05, 3.63) is 57.0 Å². The lowest BCUT2D eigenvalue weighted by molar-refractivity contribution is 0.0376. The maximum Gasteiger partial charge on any atom is 0.261 e. The van der Waals surface area contributed by atoms with Crippen molar-refractivity contribution in [1.82, 2.24) is 9.88 Å². The van der Waals surface area contributed by atoms with E-state index in [4.69, 9.17) is 21.3 Å². The minimum atomic E-state index is -0.126. The topological polar surface area (TPSA) is 45.7 Å². The molecule has 1 aliphatic heterocycles. The molecule has 0 bridgehead atoms. The van der Waals surface area contributed by atoms with Crippen molar-refractivity contribution in [2.75, 3.05) is 44.3 Å². The number of thiazole rings is 1. The molecule has 2 aromatic carbocycles.